The zero-order valence-corrected chi connectivity index (χ0v) is 14.0. The summed E-state index contributed by atoms with van der Waals surface area (Å²) in [4.78, 5) is 25.0. The number of hydrogen-bond donors (Lipinski definition) is 0. The van der Waals surface area contributed by atoms with Crippen molar-refractivity contribution in [1.29, 1.82) is 0 Å². The maximum Gasteiger partial charge on any atom is 0.269 e. The highest BCUT2D eigenvalue weighted by Crippen LogP contribution is 2.47. The van der Waals surface area contributed by atoms with E-state index in [1.165, 1.54) is 12.1 Å². The molecule has 0 aliphatic carbocycles. The van der Waals surface area contributed by atoms with Crippen molar-refractivity contribution in [2.75, 3.05) is 0 Å². The van der Waals surface area contributed by atoms with Gasteiger partial charge in [0, 0.05) is 18.2 Å². The minimum absolute atomic E-state index is 0.0624. The van der Waals surface area contributed by atoms with Crippen LogP contribution in [0.5, 0.6) is 0 Å². The Morgan fingerprint density at radius 3 is 2.04 bits per heavy atom. The van der Waals surface area contributed by atoms with Gasteiger partial charge in [0.2, 0.25) is 5.91 Å². The number of non-ortho nitro benzene ring substituents is 1. The standard InChI is InChI=1S/C19H20N2O3/c1-12(2)20-18(15-8-10-16(11-9-15)21(23)24)17(19(20)22)14-6-4-13(3)5-7-14/h4-12,17-18H,1-3H3/t17-,18-/m0/s1. The molecule has 3 rings (SSSR count). The van der Waals surface area contributed by atoms with Crippen molar-refractivity contribution in [2.45, 2.75) is 38.8 Å². The third-order valence-corrected chi connectivity index (χ3v) is 4.57. The maximum absolute atomic E-state index is 12.7. The molecule has 0 aromatic heterocycles. The number of carbonyl (C=O) groups excluding carboxylic acids is 1. The fourth-order valence-corrected chi connectivity index (χ4v) is 3.33. The summed E-state index contributed by atoms with van der Waals surface area (Å²) in [5.74, 6) is -0.119. The van der Waals surface area contributed by atoms with E-state index in [0.717, 1.165) is 16.7 Å². The number of likely N-dealkylation sites (tertiary alicyclic amines) is 1. The van der Waals surface area contributed by atoms with Crippen LogP contribution in [0, 0.1) is 17.0 Å². The van der Waals surface area contributed by atoms with Crippen LogP contribution in [-0.2, 0) is 4.79 Å². The molecule has 1 heterocycles. The lowest BCUT2D eigenvalue weighted by atomic mass is 9.77. The van der Waals surface area contributed by atoms with Gasteiger partial charge in [-0.05, 0) is 31.9 Å². The number of β-lactam (4-membered cyclic amide) rings is 1. The lowest BCUT2D eigenvalue weighted by molar-refractivity contribution is -0.384. The number of nitro groups is 1. The van der Waals surface area contributed by atoms with Crippen LogP contribution >= 0.6 is 0 Å². The largest absolute Gasteiger partial charge is 0.331 e. The van der Waals surface area contributed by atoms with Gasteiger partial charge in [-0.25, -0.2) is 0 Å². The normalized spacial score (nSPS) is 20.2. The Bertz CT molecular complexity index is 766. The molecule has 1 aliphatic rings. The Hall–Kier alpha value is -2.69. The summed E-state index contributed by atoms with van der Waals surface area (Å²) in [6.45, 7) is 5.99. The Balaban J connectivity index is 1.97. The smallest absolute Gasteiger partial charge is 0.269 e. The van der Waals surface area contributed by atoms with Crippen LogP contribution in [0.2, 0.25) is 0 Å². The van der Waals surface area contributed by atoms with Gasteiger partial charge < -0.3 is 4.90 Å². The van der Waals surface area contributed by atoms with E-state index in [9.17, 15) is 14.9 Å². The molecule has 0 bridgehead atoms. The second-order valence-corrected chi connectivity index (χ2v) is 6.52. The van der Waals surface area contributed by atoms with Crippen LogP contribution in [0.3, 0.4) is 0 Å². The monoisotopic (exact) mass is 324 g/mol. The van der Waals surface area contributed by atoms with Crippen LogP contribution < -0.4 is 0 Å². The van der Waals surface area contributed by atoms with E-state index in [1.807, 2.05) is 49.9 Å². The maximum atomic E-state index is 12.7. The summed E-state index contributed by atoms with van der Waals surface area (Å²) in [6, 6.07) is 14.5. The van der Waals surface area contributed by atoms with Crippen molar-refractivity contribution in [1.82, 2.24) is 4.90 Å². The number of nitrogens with zero attached hydrogens (tertiary/aromatic N) is 2. The van der Waals surface area contributed by atoms with Gasteiger partial charge in [-0.3, -0.25) is 14.9 Å². The van der Waals surface area contributed by atoms with E-state index in [0.29, 0.717) is 0 Å². The van der Waals surface area contributed by atoms with Crippen molar-refractivity contribution < 1.29 is 9.72 Å². The predicted octanol–water partition coefficient (Wildman–Crippen LogP) is 3.98. The molecule has 0 unspecified atom stereocenters. The van der Waals surface area contributed by atoms with E-state index in [-0.39, 0.29) is 29.6 Å². The molecule has 24 heavy (non-hydrogen) atoms. The van der Waals surface area contributed by atoms with Gasteiger partial charge in [-0.2, -0.15) is 0 Å². The Morgan fingerprint density at radius 1 is 1.00 bits per heavy atom. The molecular formula is C19H20N2O3. The van der Waals surface area contributed by atoms with Gasteiger partial charge >= 0.3 is 0 Å². The van der Waals surface area contributed by atoms with Crippen molar-refractivity contribution in [3.8, 4) is 0 Å². The van der Waals surface area contributed by atoms with Crippen molar-refractivity contribution in [3.05, 3.63) is 75.3 Å². The first-order chi connectivity index (χ1) is 11.4. The van der Waals surface area contributed by atoms with E-state index in [1.54, 1.807) is 12.1 Å². The van der Waals surface area contributed by atoms with Gasteiger partial charge in [0.15, 0.2) is 0 Å². The Kier molecular flexibility index (Phi) is 4.09. The Morgan fingerprint density at radius 2 is 1.54 bits per heavy atom. The summed E-state index contributed by atoms with van der Waals surface area (Å²) in [5, 5.41) is 10.8. The van der Waals surface area contributed by atoms with Crippen LogP contribution in [0.25, 0.3) is 0 Å². The van der Waals surface area contributed by atoms with Crippen LogP contribution in [0.1, 0.15) is 42.5 Å². The zero-order chi connectivity index (χ0) is 17.4. The summed E-state index contributed by atoms with van der Waals surface area (Å²) in [6.07, 6.45) is 0. The first kappa shape index (κ1) is 16.2. The van der Waals surface area contributed by atoms with Gasteiger partial charge in [0.25, 0.3) is 5.69 Å². The van der Waals surface area contributed by atoms with Gasteiger partial charge in [-0.15, -0.1) is 0 Å². The van der Waals surface area contributed by atoms with Crippen LogP contribution in [0.15, 0.2) is 48.5 Å². The number of carbonyl (C=O) groups is 1. The molecule has 0 saturated carbocycles. The van der Waals surface area contributed by atoms with Gasteiger partial charge in [-0.1, -0.05) is 42.0 Å². The molecule has 2 aromatic rings. The average Bonchev–Trinajstić information content (AvgIpc) is 2.54. The fourth-order valence-electron chi connectivity index (χ4n) is 3.33. The molecule has 0 radical (unpaired) electrons. The number of hydrogen-bond acceptors (Lipinski definition) is 3. The lowest BCUT2D eigenvalue weighted by Crippen LogP contribution is -2.56. The average molecular weight is 324 g/mol. The van der Waals surface area contributed by atoms with E-state index < -0.39 is 4.92 Å². The summed E-state index contributed by atoms with van der Waals surface area (Å²) >= 11 is 0. The van der Waals surface area contributed by atoms with Crippen molar-refractivity contribution in [3.63, 3.8) is 0 Å². The SMILES string of the molecule is Cc1ccc([C@@H]2C(=O)N(C(C)C)[C@H]2c2ccc([N+](=O)[O-])cc2)cc1. The molecule has 0 N–H and O–H groups in total. The summed E-state index contributed by atoms with van der Waals surface area (Å²) in [5.41, 5.74) is 3.14. The quantitative estimate of drug-likeness (QED) is 0.485. The molecule has 0 spiro atoms. The van der Waals surface area contributed by atoms with Crippen LogP contribution in [-0.4, -0.2) is 21.8 Å². The van der Waals surface area contributed by atoms with Crippen LogP contribution in [0.4, 0.5) is 5.69 Å². The lowest BCUT2D eigenvalue weighted by Gasteiger charge is -2.50. The van der Waals surface area contributed by atoms with Crippen molar-refractivity contribution in [2.24, 2.45) is 0 Å². The molecule has 2 aromatic carbocycles. The highest BCUT2D eigenvalue weighted by molar-refractivity contribution is 5.91. The second kappa shape index (κ2) is 6.07. The number of amides is 1. The molecule has 1 amide bonds. The highest BCUT2D eigenvalue weighted by atomic mass is 16.6. The van der Waals surface area contributed by atoms with E-state index in [4.69, 9.17) is 0 Å². The highest BCUT2D eigenvalue weighted by Gasteiger charge is 2.49. The molecule has 1 aliphatic heterocycles. The summed E-state index contributed by atoms with van der Waals surface area (Å²) < 4.78 is 0. The van der Waals surface area contributed by atoms with E-state index >= 15 is 0 Å². The first-order valence-corrected chi connectivity index (χ1v) is 8.03. The van der Waals surface area contributed by atoms with Gasteiger partial charge in [0.1, 0.15) is 0 Å². The molecule has 124 valence electrons. The molecule has 1 saturated heterocycles. The topological polar surface area (TPSA) is 63.5 Å². The molecular weight excluding hydrogens is 304 g/mol. The van der Waals surface area contributed by atoms with E-state index in [2.05, 4.69) is 0 Å². The molecule has 1 fully saturated rings. The third-order valence-electron chi connectivity index (χ3n) is 4.57. The number of nitro benzene ring substituents is 1. The third kappa shape index (κ3) is 2.66. The Labute approximate surface area is 141 Å². The number of benzene rings is 2. The minimum Gasteiger partial charge on any atom is -0.331 e. The molecule has 5 nitrogen and oxygen atoms in total. The minimum atomic E-state index is -0.409. The molecule has 2 atom stereocenters. The predicted molar refractivity (Wildman–Crippen MR) is 91.7 cm³/mol. The number of rotatable bonds is 4. The van der Waals surface area contributed by atoms with Crippen molar-refractivity contribution >= 4 is 11.6 Å². The molecule has 5 heteroatoms. The fraction of sp³-hybridized carbons (Fsp3) is 0.316. The summed E-state index contributed by atoms with van der Waals surface area (Å²) in [7, 11) is 0. The number of aryl methyl sites for hydroxylation is 1. The second-order valence-electron chi connectivity index (χ2n) is 6.52. The van der Waals surface area contributed by atoms with Gasteiger partial charge in [0.05, 0.1) is 16.9 Å². The zero-order valence-electron chi connectivity index (χ0n) is 14.0. The first-order valence-electron chi connectivity index (χ1n) is 8.03.